The molecular formula is C12H20N2O6. The molecule has 4 N–H and O–H groups in total. The first-order valence-electron chi connectivity index (χ1n) is 6.46. The van der Waals surface area contributed by atoms with E-state index in [1.807, 2.05) is 0 Å². The molecule has 1 aliphatic carbocycles. The number of amides is 2. The monoisotopic (exact) mass is 288 g/mol. The number of ether oxygens (including phenoxy) is 1. The number of hydrogen-bond donors (Lipinski definition) is 4. The molecule has 1 atom stereocenters. The lowest BCUT2D eigenvalue weighted by molar-refractivity contribution is -0.140. The maximum absolute atomic E-state index is 11.6. The summed E-state index contributed by atoms with van der Waals surface area (Å²) in [5.41, 5.74) is 0. The summed E-state index contributed by atoms with van der Waals surface area (Å²) in [4.78, 5) is 32.9. The minimum atomic E-state index is -1.17. The molecule has 8 nitrogen and oxygen atoms in total. The zero-order chi connectivity index (χ0) is 15.1. The van der Waals surface area contributed by atoms with Crippen LogP contribution in [0.2, 0.25) is 0 Å². The van der Waals surface area contributed by atoms with Crippen molar-refractivity contribution in [2.24, 2.45) is 0 Å². The molecule has 0 saturated heterocycles. The topological polar surface area (TPSA) is 125 Å². The lowest BCUT2D eigenvalue weighted by Crippen LogP contribution is -2.53. The predicted molar refractivity (Wildman–Crippen MR) is 68.4 cm³/mol. The average molecular weight is 288 g/mol. The summed E-state index contributed by atoms with van der Waals surface area (Å²) in [7, 11) is 1.60. The van der Waals surface area contributed by atoms with Crippen LogP contribution in [0.3, 0.4) is 0 Å². The van der Waals surface area contributed by atoms with Crippen LogP contribution in [0.4, 0.5) is 4.79 Å². The number of aliphatic carboxylic acids is 2. The van der Waals surface area contributed by atoms with Gasteiger partial charge in [0.1, 0.15) is 6.04 Å². The molecule has 1 rings (SSSR count). The summed E-state index contributed by atoms with van der Waals surface area (Å²) in [5.74, 6) is -2.16. The number of rotatable bonds is 8. The fourth-order valence-electron chi connectivity index (χ4n) is 1.98. The molecule has 0 spiro atoms. The SMILES string of the molecule is COC1CC(NC(=O)N[C@H](CCCC(=O)O)C(=O)O)C1. The van der Waals surface area contributed by atoms with Crippen molar-refractivity contribution >= 4 is 18.0 Å². The Morgan fingerprint density at radius 2 is 1.95 bits per heavy atom. The van der Waals surface area contributed by atoms with Crippen LogP contribution in [-0.2, 0) is 14.3 Å². The van der Waals surface area contributed by atoms with Crippen molar-refractivity contribution in [2.45, 2.75) is 50.3 Å². The molecule has 0 aromatic heterocycles. The van der Waals surface area contributed by atoms with Crippen molar-refractivity contribution in [1.82, 2.24) is 10.6 Å². The highest BCUT2D eigenvalue weighted by Crippen LogP contribution is 2.22. The van der Waals surface area contributed by atoms with E-state index in [-0.39, 0.29) is 31.4 Å². The van der Waals surface area contributed by atoms with Crippen molar-refractivity contribution in [3.05, 3.63) is 0 Å². The van der Waals surface area contributed by atoms with E-state index in [0.717, 1.165) is 0 Å². The second-order valence-corrected chi connectivity index (χ2v) is 4.82. The Hall–Kier alpha value is -1.83. The number of nitrogens with one attached hydrogen (secondary N) is 2. The molecule has 0 bridgehead atoms. The molecule has 1 fully saturated rings. The van der Waals surface area contributed by atoms with E-state index >= 15 is 0 Å². The van der Waals surface area contributed by atoms with Gasteiger partial charge in [-0.1, -0.05) is 0 Å². The Balaban J connectivity index is 2.28. The third-order valence-electron chi connectivity index (χ3n) is 3.25. The second kappa shape index (κ2) is 7.68. The summed E-state index contributed by atoms with van der Waals surface area (Å²) in [6.45, 7) is 0. The molecule has 0 aromatic rings. The summed E-state index contributed by atoms with van der Waals surface area (Å²) >= 11 is 0. The number of carbonyl (C=O) groups is 3. The lowest BCUT2D eigenvalue weighted by Gasteiger charge is -2.34. The summed E-state index contributed by atoms with van der Waals surface area (Å²) in [6, 6.07) is -1.63. The van der Waals surface area contributed by atoms with E-state index in [0.29, 0.717) is 12.8 Å². The Kier molecular flexibility index (Phi) is 6.23. The van der Waals surface area contributed by atoms with Crippen LogP contribution in [0.1, 0.15) is 32.1 Å². The van der Waals surface area contributed by atoms with Gasteiger partial charge in [0.05, 0.1) is 6.10 Å². The van der Waals surface area contributed by atoms with Crippen LogP contribution >= 0.6 is 0 Å². The number of carboxylic acid groups (broad SMARTS) is 2. The second-order valence-electron chi connectivity index (χ2n) is 4.82. The van der Waals surface area contributed by atoms with Crippen LogP contribution in [0.15, 0.2) is 0 Å². The fraction of sp³-hybridized carbons (Fsp3) is 0.750. The van der Waals surface area contributed by atoms with Crippen LogP contribution in [0.5, 0.6) is 0 Å². The normalized spacial score (nSPS) is 22.4. The minimum absolute atomic E-state index is 0.00610. The van der Waals surface area contributed by atoms with Crippen molar-refractivity contribution in [2.75, 3.05) is 7.11 Å². The Morgan fingerprint density at radius 3 is 2.45 bits per heavy atom. The van der Waals surface area contributed by atoms with Crippen molar-refractivity contribution in [3.63, 3.8) is 0 Å². The molecule has 114 valence electrons. The highest BCUT2D eigenvalue weighted by atomic mass is 16.5. The van der Waals surface area contributed by atoms with Crippen molar-refractivity contribution < 1.29 is 29.3 Å². The summed E-state index contributed by atoms with van der Waals surface area (Å²) in [6.07, 6.45) is 1.72. The lowest BCUT2D eigenvalue weighted by atomic mass is 9.89. The van der Waals surface area contributed by atoms with Gasteiger partial charge in [-0.2, -0.15) is 0 Å². The minimum Gasteiger partial charge on any atom is -0.481 e. The van der Waals surface area contributed by atoms with Gasteiger partial charge in [0.25, 0.3) is 0 Å². The van der Waals surface area contributed by atoms with Gasteiger partial charge in [-0.15, -0.1) is 0 Å². The van der Waals surface area contributed by atoms with E-state index < -0.39 is 24.0 Å². The molecular weight excluding hydrogens is 268 g/mol. The summed E-state index contributed by atoms with van der Waals surface area (Å²) in [5, 5.41) is 22.5. The first kappa shape index (κ1) is 16.2. The first-order chi connectivity index (χ1) is 9.42. The zero-order valence-electron chi connectivity index (χ0n) is 11.3. The maximum Gasteiger partial charge on any atom is 0.326 e. The standard InChI is InChI=1S/C12H20N2O6/c1-20-8-5-7(6-8)13-12(19)14-9(11(17)18)3-2-4-10(15)16/h7-9H,2-6H2,1H3,(H,15,16)(H,17,18)(H2,13,14,19)/t7?,8?,9-/m1/s1. The number of carboxylic acids is 2. The third-order valence-corrected chi connectivity index (χ3v) is 3.25. The molecule has 8 heteroatoms. The van der Waals surface area contributed by atoms with Gasteiger partial charge in [0, 0.05) is 19.6 Å². The molecule has 0 aromatic carbocycles. The summed E-state index contributed by atoms with van der Waals surface area (Å²) < 4.78 is 5.07. The van der Waals surface area contributed by atoms with Gasteiger partial charge in [-0.25, -0.2) is 9.59 Å². The van der Waals surface area contributed by atoms with E-state index in [1.165, 1.54) is 0 Å². The van der Waals surface area contributed by atoms with E-state index in [9.17, 15) is 14.4 Å². The highest BCUT2D eigenvalue weighted by molar-refractivity contribution is 5.82. The van der Waals surface area contributed by atoms with E-state index in [1.54, 1.807) is 7.11 Å². The van der Waals surface area contributed by atoms with Crippen molar-refractivity contribution in [1.29, 1.82) is 0 Å². The fourth-order valence-corrected chi connectivity index (χ4v) is 1.98. The van der Waals surface area contributed by atoms with Gasteiger partial charge in [0.15, 0.2) is 0 Å². The molecule has 2 amide bonds. The largest absolute Gasteiger partial charge is 0.481 e. The van der Waals surface area contributed by atoms with Crippen LogP contribution < -0.4 is 10.6 Å². The smallest absolute Gasteiger partial charge is 0.326 e. The van der Waals surface area contributed by atoms with Crippen molar-refractivity contribution in [3.8, 4) is 0 Å². The predicted octanol–water partition coefficient (Wildman–Crippen LogP) is 0.171. The Morgan fingerprint density at radius 1 is 1.30 bits per heavy atom. The third kappa shape index (κ3) is 5.43. The molecule has 20 heavy (non-hydrogen) atoms. The Labute approximate surface area is 116 Å². The van der Waals surface area contributed by atoms with E-state index in [4.69, 9.17) is 14.9 Å². The number of hydrogen-bond acceptors (Lipinski definition) is 4. The molecule has 1 aliphatic rings. The molecule has 0 unspecified atom stereocenters. The van der Waals surface area contributed by atoms with Gasteiger partial charge in [-0.05, 0) is 25.7 Å². The zero-order valence-corrected chi connectivity index (χ0v) is 11.3. The van der Waals surface area contributed by atoms with Gasteiger partial charge in [-0.3, -0.25) is 4.79 Å². The molecule has 0 heterocycles. The van der Waals surface area contributed by atoms with Gasteiger partial charge < -0.3 is 25.6 Å². The number of carbonyl (C=O) groups excluding carboxylic acids is 1. The first-order valence-corrected chi connectivity index (χ1v) is 6.46. The maximum atomic E-state index is 11.6. The van der Waals surface area contributed by atoms with Crippen LogP contribution in [0, 0.1) is 0 Å². The van der Waals surface area contributed by atoms with Crippen LogP contribution in [-0.4, -0.2) is 53.5 Å². The van der Waals surface area contributed by atoms with E-state index in [2.05, 4.69) is 10.6 Å². The molecule has 1 saturated carbocycles. The van der Waals surface area contributed by atoms with Gasteiger partial charge in [0.2, 0.25) is 0 Å². The highest BCUT2D eigenvalue weighted by Gasteiger charge is 2.31. The van der Waals surface area contributed by atoms with Gasteiger partial charge >= 0.3 is 18.0 Å². The molecule has 0 radical (unpaired) electrons. The number of urea groups is 1. The average Bonchev–Trinajstić information content (AvgIpc) is 2.31. The number of methoxy groups -OCH3 is 1. The quantitative estimate of drug-likeness (QED) is 0.504. The molecule has 0 aliphatic heterocycles. The Bertz CT molecular complexity index is 367. The van der Waals surface area contributed by atoms with Crippen LogP contribution in [0.25, 0.3) is 0 Å².